The molecule has 2 nitrogen and oxygen atoms in total. The first kappa shape index (κ1) is 13.0. The van der Waals surface area contributed by atoms with Crippen molar-refractivity contribution in [3.63, 3.8) is 0 Å². The Morgan fingerprint density at radius 1 is 0.944 bits per heavy atom. The normalized spacial score (nSPS) is 14.0. The van der Waals surface area contributed by atoms with E-state index in [4.69, 9.17) is 0 Å². The van der Waals surface area contributed by atoms with Crippen molar-refractivity contribution in [2.24, 2.45) is 11.8 Å². The van der Waals surface area contributed by atoms with Crippen LogP contribution in [-0.2, 0) is 6.42 Å². The summed E-state index contributed by atoms with van der Waals surface area (Å²) in [6.07, 6.45) is 4.31. The lowest BCUT2D eigenvalue weighted by atomic mass is 10.0. The van der Waals surface area contributed by atoms with Gasteiger partial charge in [-0.05, 0) is 42.4 Å². The fourth-order valence-corrected chi connectivity index (χ4v) is 2.34. The van der Waals surface area contributed by atoms with E-state index in [0.717, 1.165) is 12.8 Å². The van der Waals surface area contributed by atoms with Crippen LogP contribution < -0.4 is 10.6 Å². The first-order valence-corrected chi connectivity index (χ1v) is 6.90. The predicted octanol–water partition coefficient (Wildman–Crippen LogP) is 4.61. The van der Waals surface area contributed by atoms with Crippen molar-refractivity contribution in [3.05, 3.63) is 35.7 Å². The smallest absolute Gasteiger partial charge is 0.0624 e. The molecule has 98 valence electrons. The highest BCUT2D eigenvalue weighted by Crippen LogP contribution is 2.30. The number of benzene rings is 1. The van der Waals surface area contributed by atoms with Gasteiger partial charge in [-0.2, -0.15) is 0 Å². The van der Waals surface area contributed by atoms with E-state index in [1.54, 1.807) is 0 Å². The van der Waals surface area contributed by atoms with Gasteiger partial charge >= 0.3 is 0 Å². The second kappa shape index (κ2) is 5.47. The molecule has 0 fully saturated rings. The van der Waals surface area contributed by atoms with Gasteiger partial charge in [0.15, 0.2) is 0 Å². The number of hydrogen-bond donors (Lipinski definition) is 2. The molecule has 1 aromatic carbocycles. The molecule has 0 aliphatic carbocycles. The van der Waals surface area contributed by atoms with E-state index >= 15 is 0 Å². The molecule has 1 aliphatic rings. The van der Waals surface area contributed by atoms with Crippen LogP contribution in [0.25, 0.3) is 0 Å². The maximum absolute atomic E-state index is 3.54. The van der Waals surface area contributed by atoms with Gasteiger partial charge in [0.1, 0.15) is 0 Å². The highest BCUT2D eigenvalue weighted by atomic mass is 15.0. The molecule has 0 aromatic heterocycles. The van der Waals surface area contributed by atoms with Gasteiger partial charge in [-0.1, -0.05) is 33.8 Å². The number of hydrogen-bond acceptors (Lipinski definition) is 2. The SMILES string of the molecule is CC(C)CC1=CNc2ccc(CC(C)C)cc2N1. The van der Waals surface area contributed by atoms with Gasteiger partial charge in [0, 0.05) is 11.9 Å². The molecule has 1 aliphatic heterocycles. The van der Waals surface area contributed by atoms with Crippen LogP contribution in [-0.4, -0.2) is 0 Å². The lowest BCUT2D eigenvalue weighted by molar-refractivity contribution is 0.642. The lowest BCUT2D eigenvalue weighted by Gasteiger charge is -2.22. The lowest BCUT2D eigenvalue weighted by Crippen LogP contribution is -2.12. The molecule has 1 aromatic rings. The molecule has 2 N–H and O–H groups in total. The minimum absolute atomic E-state index is 0.672. The molecule has 0 amide bonds. The van der Waals surface area contributed by atoms with Crippen molar-refractivity contribution in [2.45, 2.75) is 40.5 Å². The minimum Gasteiger partial charge on any atom is -0.358 e. The fourth-order valence-electron chi connectivity index (χ4n) is 2.34. The van der Waals surface area contributed by atoms with E-state index in [1.165, 1.54) is 22.6 Å². The van der Waals surface area contributed by atoms with Gasteiger partial charge in [-0.3, -0.25) is 0 Å². The fraction of sp³-hybridized carbons (Fsp3) is 0.500. The van der Waals surface area contributed by atoms with Crippen LogP contribution in [0, 0.1) is 11.8 Å². The largest absolute Gasteiger partial charge is 0.358 e. The third-order valence-electron chi connectivity index (χ3n) is 3.05. The molecule has 0 radical (unpaired) electrons. The highest BCUT2D eigenvalue weighted by molar-refractivity contribution is 5.75. The standard InChI is InChI=1S/C16H24N2/c1-11(2)7-13-5-6-15-16(9-13)18-14(10-17-15)8-12(3)4/h5-6,9-12,17-18H,7-8H2,1-4H3. The molecule has 0 saturated carbocycles. The van der Waals surface area contributed by atoms with Crippen molar-refractivity contribution < 1.29 is 0 Å². The monoisotopic (exact) mass is 244 g/mol. The second-order valence-electron chi connectivity index (χ2n) is 6.01. The van der Waals surface area contributed by atoms with Crippen LogP contribution in [0.15, 0.2) is 30.1 Å². The maximum Gasteiger partial charge on any atom is 0.0624 e. The summed E-state index contributed by atoms with van der Waals surface area (Å²) in [6, 6.07) is 6.66. The summed E-state index contributed by atoms with van der Waals surface area (Å²) >= 11 is 0. The highest BCUT2D eigenvalue weighted by Gasteiger charge is 2.11. The zero-order chi connectivity index (χ0) is 13.1. The summed E-state index contributed by atoms with van der Waals surface area (Å²) < 4.78 is 0. The zero-order valence-electron chi connectivity index (χ0n) is 11.9. The Bertz CT molecular complexity index is 444. The Morgan fingerprint density at radius 3 is 2.33 bits per heavy atom. The van der Waals surface area contributed by atoms with Crippen LogP contribution in [0.2, 0.25) is 0 Å². The summed E-state index contributed by atoms with van der Waals surface area (Å²) in [5, 5.41) is 6.91. The van der Waals surface area contributed by atoms with E-state index in [0.29, 0.717) is 11.8 Å². The molecule has 0 atom stereocenters. The van der Waals surface area contributed by atoms with Crippen molar-refractivity contribution in [3.8, 4) is 0 Å². The van der Waals surface area contributed by atoms with Crippen molar-refractivity contribution in [2.75, 3.05) is 10.6 Å². The van der Waals surface area contributed by atoms with Crippen molar-refractivity contribution >= 4 is 11.4 Å². The summed E-state index contributed by atoms with van der Waals surface area (Å²) in [4.78, 5) is 0. The zero-order valence-corrected chi connectivity index (χ0v) is 11.9. The summed E-state index contributed by atoms with van der Waals surface area (Å²) in [6.45, 7) is 9.00. The third kappa shape index (κ3) is 3.28. The number of rotatable bonds is 4. The first-order chi connectivity index (χ1) is 8.54. The maximum atomic E-state index is 3.54. The summed E-state index contributed by atoms with van der Waals surface area (Å²) in [5.41, 5.74) is 5.07. The van der Waals surface area contributed by atoms with Crippen molar-refractivity contribution in [1.29, 1.82) is 0 Å². The Hall–Kier alpha value is -1.44. The van der Waals surface area contributed by atoms with E-state index in [1.807, 2.05) is 0 Å². The minimum atomic E-state index is 0.672. The molecule has 0 spiro atoms. The van der Waals surface area contributed by atoms with E-state index < -0.39 is 0 Å². The quantitative estimate of drug-likeness (QED) is 0.808. The summed E-state index contributed by atoms with van der Waals surface area (Å²) in [7, 11) is 0. The average Bonchev–Trinajstić information content (AvgIpc) is 2.26. The van der Waals surface area contributed by atoms with Gasteiger partial charge in [0.2, 0.25) is 0 Å². The molecule has 1 heterocycles. The third-order valence-corrected chi connectivity index (χ3v) is 3.05. The van der Waals surface area contributed by atoms with Gasteiger partial charge < -0.3 is 10.6 Å². The number of fused-ring (bicyclic) bond motifs is 1. The number of nitrogens with one attached hydrogen (secondary N) is 2. The number of anilines is 2. The van der Waals surface area contributed by atoms with Crippen molar-refractivity contribution in [1.82, 2.24) is 0 Å². The Balaban J connectivity index is 2.12. The molecular weight excluding hydrogens is 220 g/mol. The van der Waals surface area contributed by atoms with E-state index in [2.05, 4.69) is 62.7 Å². The van der Waals surface area contributed by atoms with Gasteiger partial charge in [-0.15, -0.1) is 0 Å². The van der Waals surface area contributed by atoms with Crippen LogP contribution in [0.3, 0.4) is 0 Å². The van der Waals surface area contributed by atoms with Crippen LogP contribution >= 0.6 is 0 Å². The van der Waals surface area contributed by atoms with Gasteiger partial charge in [-0.25, -0.2) is 0 Å². The summed E-state index contributed by atoms with van der Waals surface area (Å²) in [5.74, 6) is 1.37. The molecule has 0 saturated heterocycles. The van der Waals surface area contributed by atoms with Crippen LogP contribution in [0.4, 0.5) is 11.4 Å². The van der Waals surface area contributed by atoms with Crippen LogP contribution in [0.5, 0.6) is 0 Å². The molecule has 0 bridgehead atoms. The van der Waals surface area contributed by atoms with E-state index in [9.17, 15) is 0 Å². The van der Waals surface area contributed by atoms with Crippen LogP contribution in [0.1, 0.15) is 39.7 Å². The molecule has 2 heteroatoms. The topological polar surface area (TPSA) is 24.1 Å². The predicted molar refractivity (Wildman–Crippen MR) is 79.8 cm³/mol. The average molecular weight is 244 g/mol. The first-order valence-electron chi connectivity index (χ1n) is 6.90. The van der Waals surface area contributed by atoms with Gasteiger partial charge in [0.05, 0.1) is 11.4 Å². The molecular formula is C16H24N2. The second-order valence-corrected chi connectivity index (χ2v) is 6.01. The number of allylic oxidation sites excluding steroid dienone is 1. The molecule has 2 rings (SSSR count). The Labute approximate surface area is 110 Å². The van der Waals surface area contributed by atoms with Gasteiger partial charge in [0.25, 0.3) is 0 Å². The molecule has 18 heavy (non-hydrogen) atoms. The Morgan fingerprint density at radius 2 is 1.67 bits per heavy atom. The Kier molecular flexibility index (Phi) is 3.95. The van der Waals surface area contributed by atoms with E-state index in [-0.39, 0.29) is 0 Å². The molecule has 0 unspecified atom stereocenters.